The van der Waals surface area contributed by atoms with Crippen LogP contribution in [0, 0.1) is 0 Å². The lowest BCUT2D eigenvalue weighted by Crippen LogP contribution is -2.28. The molecule has 71 heavy (non-hydrogen) atoms. The minimum atomic E-state index is -0.567. The molecule has 0 fully saturated rings. The molecular formula is C67H41NO3. The molecule has 0 saturated heterocycles. The fourth-order valence-electron chi connectivity index (χ4n) is 12.0. The van der Waals surface area contributed by atoms with Gasteiger partial charge in [-0.05, 0) is 105 Å². The lowest BCUT2D eigenvalue weighted by molar-refractivity contribution is 0.664. The normalized spacial score (nSPS) is 12.9. The van der Waals surface area contributed by atoms with Crippen molar-refractivity contribution in [1.82, 2.24) is 0 Å². The smallest absolute Gasteiger partial charge is 0.159 e. The second-order valence-electron chi connectivity index (χ2n) is 18.6. The Bertz CT molecular complexity index is 4370. The van der Waals surface area contributed by atoms with Gasteiger partial charge in [-0.25, -0.2) is 0 Å². The van der Waals surface area contributed by atoms with Gasteiger partial charge in [0.2, 0.25) is 0 Å². The predicted octanol–water partition coefficient (Wildman–Crippen LogP) is 18.6. The van der Waals surface area contributed by atoms with Crippen LogP contribution >= 0.6 is 0 Å². The average Bonchev–Trinajstić information content (AvgIpc) is 4.20. The molecule has 0 unspecified atom stereocenters. The Morgan fingerprint density at radius 2 is 0.887 bits per heavy atom. The summed E-state index contributed by atoms with van der Waals surface area (Å²) in [6, 6.07) is 89.0. The Morgan fingerprint density at radius 3 is 1.69 bits per heavy atom. The third-order valence-corrected chi connectivity index (χ3v) is 14.9. The van der Waals surface area contributed by atoms with Gasteiger partial charge in [0.05, 0.1) is 11.1 Å². The molecule has 0 atom stereocenters. The van der Waals surface area contributed by atoms with E-state index in [9.17, 15) is 0 Å². The minimum Gasteiger partial charge on any atom is -0.456 e. The van der Waals surface area contributed by atoms with Crippen molar-refractivity contribution < 1.29 is 13.3 Å². The molecular weight excluding hydrogens is 867 g/mol. The van der Waals surface area contributed by atoms with Crippen LogP contribution in [-0.4, -0.2) is 0 Å². The van der Waals surface area contributed by atoms with Crippen molar-refractivity contribution in [2.45, 2.75) is 5.41 Å². The van der Waals surface area contributed by atoms with Gasteiger partial charge < -0.3 is 18.2 Å². The number of benzene rings is 11. The number of hydrogen-bond acceptors (Lipinski definition) is 4. The van der Waals surface area contributed by atoms with Crippen molar-refractivity contribution >= 4 is 82.9 Å². The highest BCUT2D eigenvalue weighted by molar-refractivity contribution is 6.25. The Balaban J connectivity index is 1.02. The largest absolute Gasteiger partial charge is 0.456 e. The van der Waals surface area contributed by atoms with E-state index in [0.29, 0.717) is 0 Å². The molecule has 14 aromatic rings. The van der Waals surface area contributed by atoms with E-state index in [1.54, 1.807) is 0 Å². The summed E-state index contributed by atoms with van der Waals surface area (Å²) in [6.07, 6.45) is 0. The van der Waals surface area contributed by atoms with Crippen LogP contribution in [0.3, 0.4) is 0 Å². The van der Waals surface area contributed by atoms with Crippen molar-refractivity contribution in [3.63, 3.8) is 0 Å². The monoisotopic (exact) mass is 907 g/mol. The second-order valence-corrected chi connectivity index (χ2v) is 18.6. The first-order valence-corrected chi connectivity index (χ1v) is 24.2. The summed E-state index contributed by atoms with van der Waals surface area (Å²) < 4.78 is 20.9. The summed E-state index contributed by atoms with van der Waals surface area (Å²) in [5, 5.41) is 6.19. The highest BCUT2D eigenvalue weighted by Gasteiger charge is 2.47. The van der Waals surface area contributed by atoms with Gasteiger partial charge in [0.15, 0.2) is 5.58 Å². The third kappa shape index (κ3) is 5.73. The Morgan fingerprint density at radius 1 is 0.310 bits per heavy atom. The van der Waals surface area contributed by atoms with Gasteiger partial charge in [-0.2, -0.15) is 0 Å². The Hall–Kier alpha value is -9.38. The number of anilines is 3. The summed E-state index contributed by atoms with van der Waals surface area (Å²) in [4.78, 5) is 2.32. The first-order valence-electron chi connectivity index (χ1n) is 24.2. The van der Waals surface area contributed by atoms with E-state index in [0.717, 1.165) is 105 Å². The van der Waals surface area contributed by atoms with Gasteiger partial charge in [-0.15, -0.1) is 0 Å². The van der Waals surface area contributed by atoms with Crippen molar-refractivity contribution in [2.75, 3.05) is 4.90 Å². The van der Waals surface area contributed by atoms with Crippen LogP contribution in [0.5, 0.6) is 0 Å². The van der Waals surface area contributed by atoms with E-state index in [4.69, 9.17) is 13.3 Å². The predicted molar refractivity (Wildman–Crippen MR) is 291 cm³/mol. The fourth-order valence-corrected chi connectivity index (χ4v) is 12.0. The van der Waals surface area contributed by atoms with E-state index in [1.807, 2.05) is 18.2 Å². The molecule has 0 bridgehead atoms. The third-order valence-electron chi connectivity index (χ3n) is 14.9. The van der Waals surface area contributed by atoms with E-state index in [-0.39, 0.29) is 0 Å². The topological polar surface area (TPSA) is 42.7 Å². The van der Waals surface area contributed by atoms with Crippen molar-refractivity contribution in [3.8, 4) is 33.4 Å². The molecule has 0 radical (unpaired) electrons. The quantitative estimate of drug-likeness (QED) is 0.160. The molecule has 1 aliphatic carbocycles. The van der Waals surface area contributed by atoms with Crippen LogP contribution < -0.4 is 4.90 Å². The number of hydrogen-bond donors (Lipinski definition) is 0. The Labute approximate surface area is 408 Å². The summed E-state index contributed by atoms with van der Waals surface area (Å²) in [7, 11) is 0. The van der Waals surface area contributed by atoms with Gasteiger partial charge in [0, 0.05) is 49.3 Å². The molecule has 3 heterocycles. The summed E-state index contributed by atoms with van der Waals surface area (Å²) >= 11 is 0. The molecule has 0 spiro atoms. The molecule has 0 saturated carbocycles. The molecule has 1 aliphatic rings. The molecule has 11 aromatic carbocycles. The number of furan rings is 3. The van der Waals surface area contributed by atoms with Crippen molar-refractivity contribution in [2.24, 2.45) is 0 Å². The maximum Gasteiger partial charge on any atom is 0.159 e. The Kier molecular flexibility index (Phi) is 8.54. The molecule has 332 valence electrons. The van der Waals surface area contributed by atoms with Gasteiger partial charge >= 0.3 is 0 Å². The average molecular weight is 908 g/mol. The van der Waals surface area contributed by atoms with E-state index >= 15 is 0 Å². The van der Waals surface area contributed by atoms with Crippen LogP contribution in [0.4, 0.5) is 17.1 Å². The lowest BCUT2D eigenvalue weighted by Gasteiger charge is -2.34. The number of fused-ring (bicyclic) bond motifs is 12. The molecule has 0 N–H and O–H groups in total. The molecule has 0 aliphatic heterocycles. The summed E-state index contributed by atoms with van der Waals surface area (Å²) in [5.74, 6) is 0. The SMILES string of the molecule is c1ccc(-c2cccc(N(c3ccc4oc5c(-c6cccc7c6-c6ccccc6C7(c6ccccc6)c6ccccc6)c6c(cc5c4c3)oc3ccccc36)c3cccc4c3oc3ccccc34)c2)cc1. The number of para-hydroxylation sites is 3. The van der Waals surface area contributed by atoms with Crippen LogP contribution in [0.15, 0.2) is 262 Å². The van der Waals surface area contributed by atoms with Crippen molar-refractivity contribution in [3.05, 3.63) is 271 Å². The van der Waals surface area contributed by atoms with Gasteiger partial charge in [-0.3, -0.25) is 0 Å². The van der Waals surface area contributed by atoms with Crippen LogP contribution in [0.25, 0.3) is 99.2 Å². The second kappa shape index (κ2) is 15.3. The van der Waals surface area contributed by atoms with Gasteiger partial charge in [0.1, 0.15) is 27.9 Å². The molecule has 3 aromatic heterocycles. The standard InChI is InChI=1S/C67H41NO3/c1-4-19-42(20-5-1)43-21-16-26-46(39-43)68(57-34-18-30-49-48-27-11-14-35-58(48)70-65(49)57)47-37-38-60-53(40-47)54-41-61-63(51-29-12-15-36-59(51)69-61)64(66(54)71-60)52-31-17-33-56-62(52)50-28-10-13-32-55(50)67(56,44-22-6-2-7-23-44)45-24-8-3-9-25-45/h1-41H. The van der Waals surface area contributed by atoms with Gasteiger partial charge in [-0.1, -0.05) is 194 Å². The zero-order valence-corrected chi connectivity index (χ0v) is 38.3. The summed E-state index contributed by atoms with van der Waals surface area (Å²) in [6.45, 7) is 0. The maximum atomic E-state index is 7.29. The van der Waals surface area contributed by atoms with Gasteiger partial charge in [0.25, 0.3) is 0 Å². The van der Waals surface area contributed by atoms with E-state index in [2.05, 4.69) is 235 Å². The number of nitrogens with zero attached hydrogens (tertiary/aromatic N) is 1. The zero-order chi connectivity index (χ0) is 46.6. The fraction of sp³-hybridized carbons (Fsp3) is 0.0149. The molecule has 0 amide bonds. The first-order chi connectivity index (χ1) is 35.2. The van der Waals surface area contributed by atoms with Crippen LogP contribution in [0.2, 0.25) is 0 Å². The molecule has 4 heteroatoms. The van der Waals surface area contributed by atoms with Crippen molar-refractivity contribution in [1.29, 1.82) is 0 Å². The first kappa shape index (κ1) is 39.6. The van der Waals surface area contributed by atoms with Crippen LogP contribution in [0.1, 0.15) is 22.3 Å². The highest BCUT2D eigenvalue weighted by Crippen LogP contribution is 2.60. The minimum absolute atomic E-state index is 0.567. The van der Waals surface area contributed by atoms with E-state index in [1.165, 1.54) is 33.4 Å². The molecule has 15 rings (SSSR count). The highest BCUT2D eigenvalue weighted by atomic mass is 16.3. The summed E-state index contributed by atoms with van der Waals surface area (Å²) in [5.41, 5.74) is 19.0. The number of rotatable bonds is 7. The van der Waals surface area contributed by atoms with Crippen LogP contribution in [-0.2, 0) is 5.41 Å². The maximum absolute atomic E-state index is 7.29. The molecule has 4 nitrogen and oxygen atoms in total. The lowest BCUT2D eigenvalue weighted by atomic mass is 9.67. The zero-order valence-electron chi connectivity index (χ0n) is 38.3. The van der Waals surface area contributed by atoms with E-state index < -0.39 is 5.41 Å².